The molecule has 0 saturated carbocycles. The number of ether oxygens (including phenoxy) is 1. The van der Waals surface area contributed by atoms with E-state index in [0.29, 0.717) is 5.69 Å². The van der Waals surface area contributed by atoms with E-state index in [4.69, 9.17) is 19.4 Å². The molecule has 1 saturated heterocycles. The molecule has 1 aliphatic rings. The molecule has 20 heteroatoms. The second-order valence-electron chi connectivity index (χ2n) is 7.01. The van der Waals surface area contributed by atoms with Gasteiger partial charge in [0.1, 0.15) is 24.4 Å². The first-order valence-electron chi connectivity index (χ1n) is 9.30. The molecule has 0 spiro atoms. The fraction of sp³-hybridized carbons (Fsp3) is 0.333. The van der Waals surface area contributed by atoms with Gasteiger partial charge < -0.3 is 34.5 Å². The van der Waals surface area contributed by atoms with Gasteiger partial charge in [0.25, 0.3) is 5.56 Å². The maximum absolute atomic E-state index is 12.3. The third-order valence-corrected chi connectivity index (χ3v) is 8.29. The smallest absolute Gasteiger partial charge is 0.387 e. The van der Waals surface area contributed by atoms with E-state index in [1.807, 2.05) is 4.98 Å². The van der Waals surface area contributed by atoms with E-state index in [0.717, 1.165) is 10.8 Å². The summed E-state index contributed by atoms with van der Waals surface area (Å²) < 4.78 is 51.8. The minimum atomic E-state index is -5.76. The number of aromatic amines is 1. The Morgan fingerprint density at radius 3 is 2.17 bits per heavy atom. The zero-order chi connectivity index (χ0) is 26.2. The quantitative estimate of drug-likeness (QED) is 0.182. The van der Waals surface area contributed by atoms with Crippen molar-refractivity contribution in [3.05, 3.63) is 62.9 Å². The standard InChI is InChI=1S/C15H19N2O15P3/c18-11-10(7-29-34(25,26)32-35(27,28)31-33(22,23)24)30-13(12(11)19)9-6-17(15(21)16-14(9)20)8-4-2-1-3-5-8/h1-6,10-13,18-19H,7H2,(H,25,26)(H,27,28)(H,16,20,21)(H2,22,23,24)/t10-,11-,12-,13+/m1/s1. The number of para-hydroxylation sites is 1. The highest BCUT2D eigenvalue weighted by molar-refractivity contribution is 7.66. The first kappa shape index (κ1) is 27.8. The van der Waals surface area contributed by atoms with Crippen molar-refractivity contribution < 1.29 is 61.4 Å². The Hall–Kier alpha value is -1.81. The van der Waals surface area contributed by atoms with Gasteiger partial charge in [0, 0.05) is 6.20 Å². The van der Waals surface area contributed by atoms with Crippen molar-refractivity contribution in [1.82, 2.24) is 9.55 Å². The number of benzene rings is 1. The van der Waals surface area contributed by atoms with Crippen LogP contribution in [-0.4, -0.2) is 64.3 Å². The number of phosphoric acid groups is 3. The van der Waals surface area contributed by atoms with Crippen LogP contribution in [0.1, 0.15) is 11.7 Å². The summed E-state index contributed by atoms with van der Waals surface area (Å²) in [6, 6.07) is 8.03. The van der Waals surface area contributed by atoms with Crippen molar-refractivity contribution in [2.75, 3.05) is 6.61 Å². The van der Waals surface area contributed by atoms with Gasteiger partial charge >= 0.3 is 29.2 Å². The number of hydrogen-bond acceptors (Lipinski definition) is 11. The lowest BCUT2D eigenvalue weighted by molar-refractivity contribution is -0.0228. The van der Waals surface area contributed by atoms with Crippen molar-refractivity contribution in [1.29, 1.82) is 0 Å². The van der Waals surface area contributed by atoms with Crippen molar-refractivity contribution in [3.63, 3.8) is 0 Å². The molecule has 1 aliphatic heterocycles. The number of H-pyrrole nitrogens is 1. The summed E-state index contributed by atoms with van der Waals surface area (Å²) in [4.78, 5) is 62.3. The summed E-state index contributed by atoms with van der Waals surface area (Å²) in [5, 5.41) is 20.6. The summed E-state index contributed by atoms with van der Waals surface area (Å²) in [6.45, 7) is -1.06. The molecule has 2 unspecified atom stereocenters. The largest absolute Gasteiger partial charge is 0.490 e. The van der Waals surface area contributed by atoms with Crippen LogP contribution in [-0.2, 0) is 31.6 Å². The topological polar surface area (TPSA) is 264 Å². The van der Waals surface area contributed by atoms with Gasteiger partial charge in [0.15, 0.2) is 0 Å². The molecule has 17 nitrogen and oxygen atoms in total. The molecule has 1 aromatic heterocycles. The Kier molecular flexibility index (Phi) is 8.16. The van der Waals surface area contributed by atoms with Crippen LogP contribution in [0.15, 0.2) is 46.1 Å². The average molecular weight is 560 g/mol. The van der Waals surface area contributed by atoms with E-state index in [2.05, 4.69) is 13.1 Å². The summed E-state index contributed by atoms with van der Waals surface area (Å²) in [6.07, 6.45) is -5.67. The maximum atomic E-state index is 12.3. The van der Waals surface area contributed by atoms with Gasteiger partial charge in [-0.1, -0.05) is 18.2 Å². The van der Waals surface area contributed by atoms with Gasteiger partial charge in [-0.15, -0.1) is 0 Å². The Morgan fingerprint density at radius 1 is 0.943 bits per heavy atom. The van der Waals surface area contributed by atoms with Crippen LogP contribution in [0, 0.1) is 0 Å². The first-order valence-corrected chi connectivity index (χ1v) is 13.8. The number of aliphatic hydroxyl groups excluding tert-OH is 2. The molecular weight excluding hydrogens is 541 g/mol. The molecule has 7 N–H and O–H groups in total. The van der Waals surface area contributed by atoms with Crippen LogP contribution >= 0.6 is 23.5 Å². The average Bonchev–Trinajstić information content (AvgIpc) is 2.99. The number of nitrogens with zero attached hydrogens (tertiary/aromatic N) is 1. The fourth-order valence-electron chi connectivity index (χ4n) is 3.08. The van der Waals surface area contributed by atoms with E-state index in [1.165, 1.54) is 0 Å². The van der Waals surface area contributed by atoms with E-state index in [9.17, 15) is 38.4 Å². The maximum Gasteiger partial charge on any atom is 0.490 e. The minimum Gasteiger partial charge on any atom is -0.387 e. The predicted octanol–water partition coefficient (Wildman–Crippen LogP) is -0.969. The van der Waals surface area contributed by atoms with Gasteiger partial charge in [-0.2, -0.15) is 8.62 Å². The van der Waals surface area contributed by atoms with Gasteiger partial charge in [0.05, 0.1) is 17.9 Å². The van der Waals surface area contributed by atoms with Crippen molar-refractivity contribution >= 4 is 23.5 Å². The van der Waals surface area contributed by atoms with E-state index >= 15 is 0 Å². The first-order chi connectivity index (χ1) is 16.1. The number of rotatable bonds is 9. The molecule has 1 aromatic carbocycles. The molecule has 0 bridgehead atoms. The molecule has 6 atom stereocenters. The van der Waals surface area contributed by atoms with Crippen LogP contribution < -0.4 is 11.2 Å². The number of aliphatic hydroxyl groups is 2. The molecule has 3 rings (SSSR count). The van der Waals surface area contributed by atoms with Gasteiger partial charge in [-0.3, -0.25) is 18.9 Å². The molecule has 0 aliphatic carbocycles. The molecule has 0 amide bonds. The SMILES string of the molecule is O=c1[nH]c(=O)n(-c2ccccc2)cc1[C@@H]1O[C@H](COP(=O)(O)OP(=O)(O)OP(=O)(O)O)[C@@H](O)[C@H]1O. The second kappa shape index (κ2) is 10.3. The normalized spacial score (nSPS) is 26.2. The summed E-state index contributed by atoms with van der Waals surface area (Å²) in [5.74, 6) is 0. The lowest BCUT2D eigenvalue weighted by Crippen LogP contribution is -2.35. The Bertz CT molecular complexity index is 1320. The Labute approximate surface area is 194 Å². The van der Waals surface area contributed by atoms with E-state index in [1.54, 1.807) is 30.3 Å². The summed E-state index contributed by atoms with van der Waals surface area (Å²) in [5.41, 5.74) is -1.69. The van der Waals surface area contributed by atoms with Crippen LogP contribution in [0.4, 0.5) is 0 Å². The number of nitrogens with one attached hydrogen (secondary N) is 1. The Balaban J connectivity index is 1.77. The zero-order valence-corrected chi connectivity index (χ0v) is 19.8. The predicted molar refractivity (Wildman–Crippen MR) is 112 cm³/mol. The lowest BCUT2D eigenvalue weighted by atomic mass is 10.0. The minimum absolute atomic E-state index is 0.291. The molecule has 2 aromatic rings. The zero-order valence-electron chi connectivity index (χ0n) is 17.1. The highest BCUT2D eigenvalue weighted by Crippen LogP contribution is 2.66. The molecule has 0 radical (unpaired) electrons. The molecule has 194 valence electrons. The lowest BCUT2D eigenvalue weighted by Gasteiger charge is -2.19. The van der Waals surface area contributed by atoms with E-state index < -0.39 is 65.7 Å². The Morgan fingerprint density at radius 2 is 1.57 bits per heavy atom. The van der Waals surface area contributed by atoms with Crippen molar-refractivity contribution in [3.8, 4) is 5.69 Å². The third-order valence-electron chi connectivity index (χ3n) is 4.49. The van der Waals surface area contributed by atoms with Gasteiger partial charge in [0.2, 0.25) is 0 Å². The van der Waals surface area contributed by atoms with Crippen LogP contribution in [0.25, 0.3) is 5.69 Å². The second-order valence-corrected chi connectivity index (χ2v) is 11.4. The molecule has 2 heterocycles. The third kappa shape index (κ3) is 7.12. The number of aromatic nitrogens is 2. The van der Waals surface area contributed by atoms with Crippen LogP contribution in [0.5, 0.6) is 0 Å². The van der Waals surface area contributed by atoms with Gasteiger partial charge in [-0.05, 0) is 12.1 Å². The fourth-order valence-corrected chi connectivity index (χ4v) is 6.11. The number of phosphoric ester groups is 1. The monoisotopic (exact) mass is 560 g/mol. The van der Waals surface area contributed by atoms with Crippen molar-refractivity contribution in [2.45, 2.75) is 24.4 Å². The van der Waals surface area contributed by atoms with Crippen LogP contribution in [0.3, 0.4) is 0 Å². The molecule has 35 heavy (non-hydrogen) atoms. The number of hydrogen-bond donors (Lipinski definition) is 7. The molecule has 1 fully saturated rings. The van der Waals surface area contributed by atoms with Gasteiger partial charge in [-0.25, -0.2) is 18.5 Å². The van der Waals surface area contributed by atoms with E-state index in [-0.39, 0.29) is 5.56 Å². The van der Waals surface area contributed by atoms with Crippen LogP contribution in [0.2, 0.25) is 0 Å². The summed E-state index contributed by atoms with van der Waals surface area (Å²) >= 11 is 0. The highest BCUT2D eigenvalue weighted by Gasteiger charge is 2.47. The van der Waals surface area contributed by atoms with Crippen molar-refractivity contribution in [2.24, 2.45) is 0 Å². The molecular formula is C15H19N2O15P3. The summed E-state index contributed by atoms with van der Waals surface area (Å²) in [7, 11) is -16.9. The highest BCUT2D eigenvalue weighted by atomic mass is 31.3.